The van der Waals surface area contributed by atoms with Crippen LogP contribution in [-0.4, -0.2) is 67.4 Å². The fourth-order valence-corrected chi connectivity index (χ4v) is 4.31. The molecule has 30 heavy (non-hydrogen) atoms. The topological polar surface area (TPSA) is 63.7 Å². The van der Waals surface area contributed by atoms with Crippen molar-refractivity contribution in [2.24, 2.45) is 0 Å². The van der Waals surface area contributed by atoms with Crippen LogP contribution in [0.1, 0.15) is 29.6 Å². The van der Waals surface area contributed by atoms with Crippen LogP contribution >= 0.6 is 0 Å². The van der Waals surface area contributed by atoms with Gasteiger partial charge < -0.3 is 19.7 Å². The predicted molar refractivity (Wildman–Crippen MR) is 112 cm³/mol. The molecule has 160 valence electrons. The highest BCUT2D eigenvalue weighted by molar-refractivity contribution is 5.94. The molecule has 0 bridgehead atoms. The number of nitrogens with zero attached hydrogens (tertiary/aromatic N) is 2. The standard InChI is InChI=1S/C23H28FN3O3/c1-29-12-11-27-9-7-23(8-10-27)14-20(16-30-23)26-22(28)18-5-6-21(25-15-18)17-3-2-4-19(24)13-17/h2-6,13,15,20H,7-12,14,16H2,1H3,(H,26,28). The van der Waals surface area contributed by atoms with E-state index < -0.39 is 0 Å². The van der Waals surface area contributed by atoms with Gasteiger partial charge in [0.25, 0.3) is 5.91 Å². The van der Waals surface area contributed by atoms with Crippen molar-refractivity contribution in [2.75, 3.05) is 40.0 Å². The Morgan fingerprint density at radius 1 is 1.33 bits per heavy atom. The van der Waals surface area contributed by atoms with Crippen LogP contribution in [0.2, 0.25) is 0 Å². The monoisotopic (exact) mass is 413 g/mol. The normalized spacial score (nSPS) is 21.1. The molecule has 2 aliphatic heterocycles. The number of aromatic nitrogens is 1. The van der Waals surface area contributed by atoms with E-state index in [0.717, 1.165) is 45.5 Å². The van der Waals surface area contributed by atoms with Crippen LogP contribution in [0.3, 0.4) is 0 Å². The van der Waals surface area contributed by atoms with E-state index in [9.17, 15) is 9.18 Å². The van der Waals surface area contributed by atoms with Gasteiger partial charge in [0, 0.05) is 38.5 Å². The van der Waals surface area contributed by atoms with Crippen molar-refractivity contribution in [3.8, 4) is 11.3 Å². The number of carbonyl (C=O) groups excluding carboxylic acids is 1. The number of rotatable bonds is 6. The van der Waals surface area contributed by atoms with Crippen LogP contribution in [0.5, 0.6) is 0 Å². The average molecular weight is 413 g/mol. The number of hydrogen-bond donors (Lipinski definition) is 1. The third-order valence-electron chi connectivity index (χ3n) is 6.07. The minimum atomic E-state index is -0.309. The molecule has 2 aliphatic rings. The van der Waals surface area contributed by atoms with Crippen LogP contribution < -0.4 is 5.32 Å². The summed E-state index contributed by atoms with van der Waals surface area (Å²) in [5.74, 6) is -0.465. The first-order chi connectivity index (χ1) is 14.6. The molecule has 1 aromatic heterocycles. The number of halogens is 1. The summed E-state index contributed by atoms with van der Waals surface area (Å²) in [6.45, 7) is 4.23. The first-order valence-corrected chi connectivity index (χ1v) is 10.4. The number of ether oxygens (including phenoxy) is 2. The molecule has 2 saturated heterocycles. The van der Waals surface area contributed by atoms with Gasteiger partial charge in [0.1, 0.15) is 5.82 Å². The van der Waals surface area contributed by atoms with Crippen molar-refractivity contribution in [3.63, 3.8) is 0 Å². The van der Waals surface area contributed by atoms with Gasteiger partial charge in [-0.1, -0.05) is 12.1 Å². The maximum absolute atomic E-state index is 13.4. The Kier molecular flexibility index (Phi) is 6.41. The lowest BCUT2D eigenvalue weighted by molar-refractivity contribution is -0.0460. The van der Waals surface area contributed by atoms with E-state index in [2.05, 4.69) is 15.2 Å². The Hall–Kier alpha value is -2.35. The molecular weight excluding hydrogens is 385 g/mol. The maximum atomic E-state index is 13.4. The fraction of sp³-hybridized carbons (Fsp3) is 0.478. The molecule has 1 amide bonds. The van der Waals surface area contributed by atoms with Gasteiger partial charge >= 0.3 is 0 Å². The molecule has 2 fully saturated rings. The van der Waals surface area contributed by atoms with Gasteiger partial charge in [-0.05, 0) is 43.5 Å². The van der Waals surface area contributed by atoms with Gasteiger partial charge in [0.15, 0.2) is 0 Å². The van der Waals surface area contributed by atoms with Crippen LogP contribution in [0, 0.1) is 5.82 Å². The fourth-order valence-electron chi connectivity index (χ4n) is 4.31. The van der Waals surface area contributed by atoms with Crippen molar-refractivity contribution in [3.05, 3.63) is 54.0 Å². The van der Waals surface area contributed by atoms with Crippen LogP contribution in [0.15, 0.2) is 42.6 Å². The van der Waals surface area contributed by atoms with Crippen molar-refractivity contribution in [2.45, 2.75) is 30.9 Å². The quantitative estimate of drug-likeness (QED) is 0.789. The third kappa shape index (κ3) is 4.86. The number of amides is 1. The number of pyridine rings is 1. The van der Waals surface area contributed by atoms with Gasteiger partial charge in [0.2, 0.25) is 0 Å². The van der Waals surface area contributed by atoms with Crippen molar-refractivity contribution < 1.29 is 18.7 Å². The maximum Gasteiger partial charge on any atom is 0.253 e. The average Bonchev–Trinajstić information content (AvgIpc) is 3.15. The van der Waals surface area contributed by atoms with E-state index in [1.165, 1.54) is 18.3 Å². The summed E-state index contributed by atoms with van der Waals surface area (Å²) in [6, 6.07) is 9.73. The Labute approximate surface area is 176 Å². The number of likely N-dealkylation sites (tertiary alicyclic amines) is 1. The second-order valence-electron chi connectivity index (χ2n) is 8.15. The molecule has 1 spiro atoms. The first kappa shape index (κ1) is 20.9. The van der Waals surface area contributed by atoms with Gasteiger partial charge in [-0.25, -0.2) is 4.39 Å². The second kappa shape index (κ2) is 9.20. The minimum absolute atomic E-state index is 0.00548. The van der Waals surface area contributed by atoms with Gasteiger partial charge in [-0.3, -0.25) is 9.78 Å². The molecule has 0 saturated carbocycles. The molecule has 0 radical (unpaired) electrons. The van der Waals surface area contributed by atoms with Crippen molar-refractivity contribution in [1.82, 2.24) is 15.2 Å². The summed E-state index contributed by atoms with van der Waals surface area (Å²) in [4.78, 5) is 19.4. The molecule has 1 aromatic carbocycles. The number of nitrogens with one attached hydrogen (secondary N) is 1. The van der Waals surface area contributed by atoms with Crippen LogP contribution in [0.4, 0.5) is 4.39 Å². The molecule has 1 N–H and O–H groups in total. The number of piperidine rings is 1. The summed E-state index contributed by atoms with van der Waals surface area (Å²) in [6.07, 6.45) is 4.33. The highest BCUT2D eigenvalue weighted by Gasteiger charge is 2.43. The van der Waals surface area contributed by atoms with E-state index in [1.807, 2.05) is 0 Å². The number of benzene rings is 1. The zero-order chi connectivity index (χ0) is 21.0. The molecular formula is C23H28FN3O3. The summed E-state index contributed by atoms with van der Waals surface area (Å²) < 4.78 is 24.7. The molecule has 1 atom stereocenters. The zero-order valence-corrected chi connectivity index (χ0v) is 17.3. The van der Waals surface area contributed by atoms with Gasteiger partial charge in [-0.2, -0.15) is 0 Å². The van der Waals surface area contributed by atoms with Crippen LogP contribution in [0.25, 0.3) is 11.3 Å². The summed E-state index contributed by atoms with van der Waals surface area (Å²) >= 11 is 0. The van der Waals surface area contributed by atoms with E-state index in [0.29, 0.717) is 23.4 Å². The zero-order valence-electron chi connectivity index (χ0n) is 17.3. The van der Waals surface area contributed by atoms with Crippen LogP contribution in [-0.2, 0) is 9.47 Å². The smallest absolute Gasteiger partial charge is 0.253 e. The second-order valence-corrected chi connectivity index (χ2v) is 8.15. The largest absolute Gasteiger partial charge is 0.383 e. The lowest BCUT2D eigenvalue weighted by Crippen LogP contribution is -2.45. The Morgan fingerprint density at radius 2 is 2.17 bits per heavy atom. The van der Waals surface area contributed by atoms with E-state index in [-0.39, 0.29) is 23.4 Å². The highest BCUT2D eigenvalue weighted by atomic mass is 19.1. The Balaban J connectivity index is 1.31. The summed E-state index contributed by atoms with van der Waals surface area (Å²) in [5.41, 5.74) is 1.69. The molecule has 2 aromatic rings. The predicted octanol–water partition coefficient (Wildman–Crippen LogP) is 2.89. The molecule has 3 heterocycles. The third-order valence-corrected chi connectivity index (χ3v) is 6.07. The molecule has 1 unspecified atom stereocenters. The Bertz CT molecular complexity index is 866. The van der Waals surface area contributed by atoms with E-state index in [1.54, 1.807) is 31.4 Å². The van der Waals surface area contributed by atoms with E-state index >= 15 is 0 Å². The Morgan fingerprint density at radius 3 is 2.87 bits per heavy atom. The van der Waals surface area contributed by atoms with E-state index in [4.69, 9.17) is 9.47 Å². The van der Waals surface area contributed by atoms with Gasteiger partial charge in [-0.15, -0.1) is 0 Å². The molecule has 6 nitrogen and oxygen atoms in total. The summed E-state index contributed by atoms with van der Waals surface area (Å²) in [7, 11) is 1.73. The number of carbonyl (C=O) groups is 1. The lowest BCUT2D eigenvalue weighted by Gasteiger charge is -2.38. The summed E-state index contributed by atoms with van der Waals surface area (Å²) in [5, 5.41) is 3.08. The minimum Gasteiger partial charge on any atom is -0.383 e. The number of methoxy groups -OCH3 is 1. The lowest BCUT2D eigenvalue weighted by atomic mass is 9.87. The SMILES string of the molecule is COCCN1CCC2(CC1)CC(NC(=O)c1ccc(-c3cccc(F)c3)nc1)CO2. The van der Waals surface area contributed by atoms with Gasteiger partial charge in [0.05, 0.1) is 36.1 Å². The molecule has 4 rings (SSSR count). The van der Waals surface area contributed by atoms with Crippen molar-refractivity contribution in [1.29, 1.82) is 0 Å². The first-order valence-electron chi connectivity index (χ1n) is 10.4. The highest BCUT2D eigenvalue weighted by Crippen LogP contribution is 2.36. The molecule has 7 heteroatoms. The van der Waals surface area contributed by atoms with Crippen molar-refractivity contribution >= 4 is 5.91 Å². The molecule has 0 aliphatic carbocycles. The number of hydrogen-bond acceptors (Lipinski definition) is 5.